The molecule has 0 aliphatic heterocycles. The molecule has 0 saturated carbocycles. The summed E-state index contributed by atoms with van der Waals surface area (Å²) in [5.41, 5.74) is 4.18. The Hall–Kier alpha value is -2.66. The summed E-state index contributed by atoms with van der Waals surface area (Å²) in [6, 6.07) is 11.3. The van der Waals surface area contributed by atoms with Gasteiger partial charge in [0.1, 0.15) is 0 Å². The average Bonchev–Trinajstić information content (AvgIpc) is 3.08. The quantitative estimate of drug-likeness (QED) is 0.630. The highest BCUT2D eigenvalue weighted by Crippen LogP contribution is 2.30. The Balaban J connectivity index is 2.04. The van der Waals surface area contributed by atoms with Crippen molar-refractivity contribution in [3.05, 3.63) is 76.3 Å². The average molecular weight is 397 g/mol. The SMILES string of the molecule is CC(C)c1nn(-c2cccc(Cl)c2)c(C(C)C)c1C(=O)NCc1ccncc1. The number of carbonyl (C=O) groups is 1. The van der Waals surface area contributed by atoms with Crippen LogP contribution in [0.15, 0.2) is 48.8 Å². The Kier molecular flexibility index (Phi) is 6.15. The first-order valence-electron chi connectivity index (χ1n) is 9.44. The highest BCUT2D eigenvalue weighted by Gasteiger charge is 2.27. The lowest BCUT2D eigenvalue weighted by molar-refractivity contribution is 0.0948. The predicted molar refractivity (Wildman–Crippen MR) is 112 cm³/mol. The van der Waals surface area contributed by atoms with Crippen molar-refractivity contribution in [1.82, 2.24) is 20.1 Å². The summed E-state index contributed by atoms with van der Waals surface area (Å²) in [4.78, 5) is 17.2. The molecular weight excluding hydrogens is 372 g/mol. The van der Waals surface area contributed by atoms with Crippen molar-refractivity contribution in [3.63, 3.8) is 0 Å². The van der Waals surface area contributed by atoms with Gasteiger partial charge in [0.05, 0.1) is 22.6 Å². The van der Waals surface area contributed by atoms with Crippen molar-refractivity contribution in [3.8, 4) is 5.69 Å². The molecule has 0 aliphatic carbocycles. The van der Waals surface area contributed by atoms with Crippen LogP contribution in [0.5, 0.6) is 0 Å². The van der Waals surface area contributed by atoms with Crippen molar-refractivity contribution in [2.75, 3.05) is 0 Å². The molecule has 5 nitrogen and oxygen atoms in total. The summed E-state index contributed by atoms with van der Waals surface area (Å²) in [7, 11) is 0. The third-order valence-electron chi connectivity index (χ3n) is 4.52. The molecule has 0 unspecified atom stereocenters. The van der Waals surface area contributed by atoms with Crippen LogP contribution < -0.4 is 5.32 Å². The minimum Gasteiger partial charge on any atom is -0.348 e. The van der Waals surface area contributed by atoms with Gasteiger partial charge in [0, 0.05) is 24.0 Å². The van der Waals surface area contributed by atoms with Gasteiger partial charge in [0.25, 0.3) is 5.91 Å². The maximum absolute atomic E-state index is 13.2. The number of aromatic nitrogens is 3. The van der Waals surface area contributed by atoms with Gasteiger partial charge >= 0.3 is 0 Å². The molecule has 3 aromatic rings. The highest BCUT2D eigenvalue weighted by molar-refractivity contribution is 6.30. The van der Waals surface area contributed by atoms with Crippen LogP contribution >= 0.6 is 11.6 Å². The summed E-state index contributed by atoms with van der Waals surface area (Å²) in [5, 5.41) is 8.48. The van der Waals surface area contributed by atoms with Gasteiger partial charge in [0.15, 0.2) is 0 Å². The molecule has 1 amide bonds. The first-order chi connectivity index (χ1) is 13.4. The minimum atomic E-state index is -0.113. The summed E-state index contributed by atoms with van der Waals surface area (Å²) in [6.45, 7) is 8.69. The summed E-state index contributed by atoms with van der Waals surface area (Å²) < 4.78 is 1.85. The number of carbonyl (C=O) groups excluding carboxylic acids is 1. The molecule has 0 saturated heterocycles. The van der Waals surface area contributed by atoms with E-state index in [9.17, 15) is 4.79 Å². The van der Waals surface area contributed by atoms with E-state index in [1.54, 1.807) is 12.4 Å². The lowest BCUT2D eigenvalue weighted by Crippen LogP contribution is -2.25. The van der Waals surface area contributed by atoms with Crippen molar-refractivity contribution in [1.29, 1.82) is 0 Å². The molecule has 3 rings (SSSR count). The van der Waals surface area contributed by atoms with Crippen LogP contribution in [0.4, 0.5) is 0 Å². The van der Waals surface area contributed by atoms with E-state index in [-0.39, 0.29) is 17.7 Å². The maximum atomic E-state index is 13.2. The van der Waals surface area contributed by atoms with Gasteiger partial charge < -0.3 is 5.32 Å². The van der Waals surface area contributed by atoms with Gasteiger partial charge in [-0.3, -0.25) is 9.78 Å². The number of benzene rings is 1. The molecule has 146 valence electrons. The number of amides is 1. The summed E-state index contributed by atoms with van der Waals surface area (Å²) >= 11 is 6.19. The first-order valence-corrected chi connectivity index (χ1v) is 9.82. The number of nitrogens with one attached hydrogen (secondary N) is 1. The molecule has 1 N–H and O–H groups in total. The molecule has 28 heavy (non-hydrogen) atoms. The number of hydrogen-bond donors (Lipinski definition) is 1. The van der Waals surface area contributed by atoms with Gasteiger partial charge in [-0.15, -0.1) is 0 Å². The van der Waals surface area contributed by atoms with E-state index in [0.29, 0.717) is 17.1 Å². The topological polar surface area (TPSA) is 59.8 Å². The Morgan fingerprint density at radius 3 is 2.43 bits per heavy atom. The monoisotopic (exact) mass is 396 g/mol. The van der Waals surface area contributed by atoms with Crippen LogP contribution in [0.3, 0.4) is 0 Å². The Morgan fingerprint density at radius 2 is 1.82 bits per heavy atom. The Bertz CT molecular complexity index is 964. The fourth-order valence-corrected chi connectivity index (χ4v) is 3.38. The third kappa shape index (κ3) is 4.25. The van der Waals surface area contributed by atoms with E-state index in [2.05, 4.69) is 24.1 Å². The number of hydrogen-bond acceptors (Lipinski definition) is 3. The van der Waals surface area contributed by atoms with Gasteiger partial charge in [-0.2, -0.15) is 5.10 Å². The van der Waals surface area contributed by atoms with E-state index in [0.717, 1.165) is 22.6 Å². The van der Waals surface area contributed by atoms with E-state index in [1.165, 1.54) is 0 Å². The molecular formula is C22H25ClN4O. The molecule has 2 aromatic heterocycles. The van der Waals surface area contributed by atoms with Gasteiger partial charge in [0.2, 0.25) is 0 Å². The maximum Gasteiger partial charge on any atom is 0.255 e. The van der Waals surface area contributed by atoms with Crippen molar-refractivity contribution in [2.24, 2.45) is 0 Å². The van der Waals surface area contributed by atoms with Gasteiger partial charge in [-0.1, -0.05) is 45.4 Å². The van der Waals surface area contributed by atoms with Gasteiger partial charge in [-0.05, 0) is 47.7 Å². The van der Waals surface area contributed by atoms with Crippen molar-refractivity contribution >= 4 is 17.5 Å². The molecule has 6 heteroatoms. The summed E-state index contributed by atoms with van der Waals surface area (Å²) in [5.74, 6) is 0.109. The lowest BCUT2D eigenvalue weighted by atomic mass is 9.98. The van der Waals surface area contributed by atoms with Crippen LogP contribution in [-0.2, 0) is 6.54 Å². The predicted octanol–water partition coefficient (Wildman–Crippen LogP) is 5.10. The molecule has 2 heterocycles. The second-order valence-electron chi connectivity index (χ2n) is 7.38. The van der Waals surface area contributed by atoms with Crippen LogP contribution in [0.25, 0.3) is 5.69 Å². The molecule has 0 atom stereocenters. The molecule has 1 aromatic carbocycles. The Labute approximate surface area is 170 Å². The van der Waals surface area contributed by atoms with Crippen molar-refractivity contribution in [2.45, 2.75) is 46.1 Å². The largest absolute Gasteiger partial charge is 0.348 e. The Morgan fingerprint density at radius 1 is 1.11 bits per heavy atom. The molecule has 0 bridgehead atoms. The number of nitrogens with zero attached hydrogens (tertiary/aromatic N) is 3. The molecule has 0 fully saturated rings. The zero-order chi connectivity index (χ0) is 20.3. The van der Waals surface area contributed by atoms with Crippen LogP contribution in [-0.4, -0.2) is 20.7 Å². The fraction of sp³-hybridized carbons (Fsp3) is 0.318. The molecule has 0 spiro atoms. The van der Waals surface area contributed by atoms with E-state index >= 15 is 0 Å². The normalized spacial score (nSPS) is 11.2. The van der Waals surface area contributed by atoms with Gasteiger partial charge in [-0.25, -0.2) is 4.68 Å². The number of pyridine rings is 1. The van der Waals surface area contributed by atoms with E-state index < -0.39 is 0 Å². The lowest BCUT2D eigenvalue weighted by Gasteiger charge is -2.14. The summed E-state index contributed by atoms with van der Waals surface area (Å²) in [6.07, 6.45) is 3.44. The van der Waals surface area contributed by atoms with E-state index in [4.69, 9.17) is 16.7 Å². The van der Waals surface area contributed by atoms with Crippen LogP contribution in [0.1, 0.15) is 66.8 Å². The van der Waals surface area contributed by atoms with Crippen LogP contribution in [0.2, 0.25) is 5.02 Å². The second-order valence-corrected chi connectivity index (χ2v) is 7.82. The number of rotatable bonds is 6. The fourth-order valence-electron chi connectivity index (χ4n) is 3.19. The number of halogens is 1. The standard InChI is InChI=1S/C22H25ClN4O/c1-14(2)20-19(22(28)25-13-16-8-10-24-11-9-16)21(15(3)4)27(26-20)18-7-5-6-17(23)12-18/h5-12,14-15H,13H2,1-4H3,(H,25,28). The second kappa shape index (κ2) is 8.57. The van der Waals surface area contributed by atoms with Crippen molar-refractivity contribution < 1.29 is 4.79 Å². The highest BCUT2D eigenvalue weighted by atomic mass is 35.5. The zero-order valence-electron chi connectivity index (χ0n) is 16.6. The smallest absolute Gasteiger partial charge is 0.255 e. The third-order valence-corrected chi connectivity index (χ3v) is 4.76. The zero-order valence-corrected chi connectivity index (χ0v) is 17.4. The molecule has 0 radical (unpaired) electrons. The van der Waals surface area contributed by atoms with E-state index in [1.807, 2.05) is 54.9 Å². The molecule has 0 aliphatic rings. The first kappa shape index (κ1) is 20.1. The minimum absolute atomic E-state index is 0.111. The van der Waals surface area contributed by atoms with Crippen LogP contribution in [0, 0.1) is 0 Å².